The van der Waals surface area contributed by atoms with Crippen molar-refractivity contribution in [1.82, 2.24) is 20.1 Å². The first kappa shape index (κ1) is 12.9. The van der Waals surface area contributed by atoms with Gasteiger partial charge in [-0.2, -0.15) is 0 Å². The van der Waals surface area contributed by atoms with E-state index in [-0.39, 0.29) is 5.91 Å². The Balaban J connectivity index is 1.88. The summed E-state index contributed by atoms with van der Waals surface area (Å²) in [5.74, 6) is 1.43. The number of rotatable bonds is 4. The van der Waals surface area contributed by atoms with Crippen LogP contribution in [0.25, 0.3) is 0 Å². The molecule has 0 spiro atoms. The van der Waals surface area contributed by atoms with Crippen molar-refractivity contribution in [2.24, 2.45) is 13.0 Å². The molecule has 0 radical (unpaired) electrons. The van der Waals surface area contributed by atoms with Crippen LogP contribution in [0.5, 0.6) is 0 Å². The fourth-order valence-corrected chi connectivity index (χ4v) is 2.45. The smallest absolute Gasteiger partial charge is 0.289 e. The van der Waals surface area contributed by atoms with Crippen molar-refractivity contribution in [2.45, 2.75) is 32.1 Å². The second kappa shape index (κ2) is 5.84. The van der Waals surface area contributed by atoms with Crippen molar-refractivity contribution in [3.8, 4) is 0 Å². The van der Waals surface area contributed by atoms with Gasteiger partial charge in [-0.3, -0.25) is 9.36 Å². The van der Waals surface area contributed by atoms with Gasteiger partial charge < -0.3 is 10.6 Å². The highest BCUT2D eigenvalue weighted by atomic mass is 16.2. The summed E-state index contributed by atoms with van der Waals surface area (Å²) >= 11 is 0. The van der Waals surface area contributed by atoms with Crippen LogP contribution in [0.1, 0.15) is 42.7 Å². The molecule has 6 heteroatoms. The number of carbonyl (C=O) groups excluding carboxylic acids is 1. The monoisotopic (exact) mass is 251 g/mol. The van der Waals surface area contributed by atoms with E-state index in [4.69, 9.17) is 0 Å². The third-order valence-corrected chi connectivity index (χ3v) is 3.58. The zero-order valence-corrected chi connectivity index (χ0v) is 11.1. The Hall–Kier alpha value is -1.59. The molecule has 1 amide bonds. The minimum absolute atomic E-state index is 0.142. The molecule has 6 nitrogen and oxygen atoms in total. The van der Waals surface area contributed by atoms with Crippen LogP contribution >= 0.6 is 0 Å². The molecular formula is C12H21N5O. The molecule has 0 saturated heterocycles. The first-order valence-electron chi connectivity index (χ1n) is 6.57. The minimum atomic E-state index is -0.142. The molecule has 1 aliphatic rings. The summed E-state index contributed by atoms with van der Waals surface area (Å²) in [6, 6.07) is 0. The van der Waals surface area contributed by atoms with E-state index in [9.17, 15) is 4.79 Å². The second-order valence-electron chi connectivity index (χ2n) is 4.87. The Morgan fingerprint density at radius 1 is 1.33 bits per heavy atom. The van der Waals surface area contributed by atoms with E-state index in [0.29, 0.717) is 17.7 Å². The number of hydrogen-bond acceptors (Lipinski definition) is 4. The number of anilines is 1. The Morgan fingerprint density at radius 3 is 2.67 bits per heavy atom. The lowest BCUT2D eigenvalue weighted by molar-refractivity contribution is 0.0929. The summed E-state index contributed by atoms with van der Waals surface area (Å²) in [5.41, 5.74) is 0. The molecule has 100 valence electrons. The summed E-state index contributed by atoms with van der Waals surface area (Å²) in [6.07, 6.45) is 6.35. The fraction of sp³-hybridized carbons (Fsp3) is 0.750. The van der Waals surface area contributed by atoms with Crippen LogP contribution in [0, 0.1) is 5.92 Å². The summed E-state index contributed by atoms with van der Waals surface area (Å²) in [4.78, 5) is 12.0. The highest BCUT2D eigenvalue weighted by molar-refractivity contribution is 5.91. The Morgan fingerprint density at radius 2 is 2.06 bits per heavy atom. The lowest BCUT2D eigenvalue weighted by Crippen LogP contribution is -2.32. The van der Waals surface area contributed by atoms with Crippen LogP contribution in [-0.4, -0.2) is 34.3 Å². The van der Waals surface area contributed by atoms with E-state index in [1.54, 1.807) is 18.7 Å². The molecule has 2 rings (SSSR count). The lowest BCUT2D eigenvalue weighted by atomic mass is 9.89. The molecule has 1 fully saturated rings. The van der Waals surface area contributed by atoms with Crippen molar-refractivity contribution in [3.63, 3.8) is 0 Å². The van der Waals surface area contributed by atoms with Crippen molar-refractivity contribution in [3.05, 3.63) is 5.82 Å². The van der Waals surface area contributed by atoms with Crippen molar-refractivity contribution in [2.75, 3.05) is 18.9 Å². The van der Waals surface area contributed by atoms with Gasteiger partial charge in [0.1, 0.15) is 0 Å². The highest BCUT2D eigenvalue weighted by Crippen LogP contribution is 2.22. The standard InChI is InChI=1S/C12H21N5O/c1-13-12-16-15-10(17(12)2)11(18)14-8-9-6-4-3-5-7-9/h9H,3-8H2,1-2H3,(H,13,16)(H,14,18). The van der Waals surface area contributed by atoms with Gasteiger partial charge in [0.05, 0.1) is 0 Å². The zero-order valence-electron chi connectivity index (χ0n) is 11.1. The van der Waals surface area contributed by atoms with Gasteiger partial charge in [-0.1, -0.05) is 19.3 Å². The molecule has 0 aliphatic heterocycles. The van der Waals surface area contributed by atoms with Crippen LogP contribution < -0.4 is 10.6 Å². The molecule has 1 heterocycles. The minimum Gasteiger partial charge on any atom is -0.357 e. The molecule has 1 saturated carbocycles. The van der Waals surface area contributed by atoms with Crippen LogP contribution in [0.4, 0.5) is 5.95 Å². The molecule has 1 aromatic rings. The maximum absolute atomic E-state index is 12.0. The summed E-state index contributed by atoms with van der Waals surface area (Å²) < 4.78 is 1.66. The van der Waals surface area contributed by atoms with Crippen molar-refractivity contribution >= 4 is 11.9 Å². The molecule has 0 aromatic carbocycles. The molecule has 1 aromatic heterocycles. The molecule has 0 unspecified atom stereocenters. The number of amides is 1. The average Bonchev–Trinajstić information content (AvgIpc) is 2.78. The van der Waals surface area contributed by atoms with Crippen LogP contribution in [0.2, 0.25) is 0 Å². The van der Waals surface area contributed by atoms with E-state index in [1.165, 1.54) is 32.1 Å². The van der Waals surface area contributed by atoms with Crippen LogP contribution in [0.15, 0.2) is 0 Å². The summed E-state index contributed by atoms with van der Waals surface area (Å²) in [5, 5.41) is 13.6. The number of nitrogens with one attached hydrogen (secondary N) is 2. The van der Waals surface area contributed by atoms with Crippen molar-refractivity contribution in [1.29, 1.82) is 0 Å². The predicted molar refractivity (Wildman–Crippen MR) is 69.5 cm³/mol. The molecular weight excluding hydrogens is 230 g/mol. The van der Waals surface area contributed by atoms with Gasteiger partial charge in [0.15, 0.2) is 0 Å². The van der Waals surface area contributed by atoms with E-state index in [0.717, 1.165) is 6.54 Å². The fourth-order valence-electron chi connectivity index (χ4n) is 2.45. The normalized spacial score (nSPS) is 16.6. The SMILES string of the molecule is CNc1nnc(C(=O)NCC2CCCCC2)n1C. The third kappa shape index (κ3) is 2.80. The Bertz CT molecular complexity index is 409. The van der Waals surface area contributed by atoms with E-state index < -0.39 is 0 Å². The maximum Gasteiger partial charge on any atom is 0.289 e. The summed E-state index contributed by atoms with van der Waals surface area (Å²) in [7, 11) is 3.54. The van der Waals surface area contributed by atoms with Crippen molar-refractivity contribution < 1.29 is 4.79 Å². The molecule has 0 atom stereocenters. The van der Waals surface area contributed by atoms with Crippen LogP contribution in [0.3, 0.4) is 0 Å². The predicted octanol–water partition coefficient (Wildman–Crippen LogP) is 1.17. The lowest BCUT2D eigenvalue weighted by Gasteiger charge is -2.21. The van der Waals surface area contributed by atoms with Crippen LogP contribution in [-0.2, 0) is 7.05 Å². The molecule has 1 aliphatic carbocycles. The highest BCUT2D eigenvalue weighted by Gasteiger charge is 2.18. The van der Waals surface area contributed by atoms with Gasteiger partial charge in [-0.05, 0) is 18.8 Å². The average molecular weight is 251 g/mol. The molecule has 2 N–H and O–H groups in total. The largest absolute Gasteiger partial charge is 0.357 e. The first-order chi connectivity index (χ1) is 8.72. The van der Waals surface area contributed by atoms with Gasteiger partial charge in [0, 0.05) is 20.6 Å². The number of hydrogen-bond donors (Lipinski definition) is 2. The van der Waals surface area contributed by atoms with E-state index in [1.807, 2.05) is 0 Å². The number of aromatic nitrogens is 3. The third-order valence-electron chi connectivity index (χ3n) is 3.58. The Labute approximate surface area is 107 Å². The second-order valence-corrected chi connectivity index (χ2v) is 4.87. The Kier molecular flexibility index (Phi) is 4.17. The molecule has 18 heavy (non-hydrogen) atoms. The topological polar surface area (TPSA) is 71.8 Å². The number of carbonyl (C=O) groups is 1. The summed E-state index contributed by atoms with van der Waals surface area (Å²) in [6.45, 7) is 0.751. The van der Waals surface area contributed by atoms with Gasteiger partial charge in [-0.25, -0.2) is 0 Å². The zero-order chi connectivity index (χ0) is 13.0. The van der Waals surface area contributed by atoms with Gasteiger partial charge in [-0.15, -0.1) is 10.2 Å². The van der Waals surface area contributed by atoms with Gasteiger partial charge in [0.2, 0.25) is 11.8 Å². The number of nitrogens with zero attached hydrogens (tertiary/aromatic N) is 3. The quantitative estimate of drug-likeness (QED) is 0.842. The maximum atomic E-state index is 12.0. The molecule has 0 bridgehead atoms. The van der Waals surface area contributed by atoms with Gasteiger partial charge >= 0.3 is 0 Å². The van der Waals surface area contributed by atoms with E-state index >= 15 is 0 Å². The van der Waals surface area contributed by atoms with E-state index in [2.05, 4.69) is 20.8 Å². The van der Waals surface area contributed by atoms with Gasteiger partial charge in [0.25, 0.3) is 5.91 Å². The first-order valence-corrected chi connectivity index (χ1v) is 6.57.